The summed E-state index contributed by atoms with van der Waals surface area (Å²) in [6.07, 6.45) is -9.45. The molecule has 0 atom stereocenters. The smallest absolute Gasteiger partial charge is 0.342 e. The predicted octanol–water partition coefficient (Wildman–Crippen LogP) is 2.64. The van der Waals surface area contributed by atoms with Gasteiger partial charge in [-0.05, 0) is 18.2 Å². The van der Waals surface area contributed by atoms with Gasteiger partial charge in [0.15, 0.2) is 0 Å². The summed E-state index contributed by atoms with van der Waals surface area (Å²) in [6.45, 7) is 0.408. The molecule has 132 valence electrons. The lowest BCUT2D eigenvalue weighted by molar-refractivity contribution is -0.143. The Balaban J connectivity index is 2.35. The van der Waals surface area contributed by atoms with E-state index in [0.29, 0.717) is 18.5 Å². The Bertz CT molecular complexity index is 601. The predicted molar refractivity (Wildman–Crippen MR) is 70.0 cm³/mol. The van der Waals surface area contributed by atoms with Crippen molar-refractivity contribution in [3.63, 3.8) is 0 Å². The van der Waals surface area contributed by atoms with E-state index in [1.165, 1.54) is 4.90 Å². The standard InChI is InChI=1S/C14H12F6N2O2/c15-13(16,17)10-5-9(6-11(7-10)14(18,19)20)12(24)22-3-1-21(8-23)2-4-22/h5-8H,1-4H2. The summed E-state index contributed by atoms with van der Waals surface area (Å²) >= 11 is 0. The van der Waals surface area contributed by atoms with Crippen LogP contribution in [-0.4, -0.2) is 48.3 Å². The van der Waals surface area contributed by atoms with Gasteiger partial charge in [0.05, 0.1) is 11.1 Å². The molecule has 2 rings (SSSR count). The van der Waals surface area contributed by atoms with E-state index in [2.05, 4.69) is 0 Å². The third kappa shape index (κ3) is 3.98. The number of halogens is 6. The van der Waals surface area contributed by atoms with Gasteiger partial charge in [0.1, 0.15) is 0 Å². The zero-order chi connectivity index (χ0) is 18.1. The highest BCUT2D eigenvalue weighted by Gasteiger charge is 2.38. The Kier molecular flexibility index (Phi) is 4.77. The molecule has 1 saturated heterocycles. The molecule has 0 aromatic heterocycles. The van der Waals surface area contributed by atoms with Crippen molar-refractivity contribution in [1.82, 2.24) is 9.80 Å². The van der Waals surface area contributed by atoms with Crippen LogP contribution in [0.25, 0.3) is 0 Å². The summed E-state index contributed by atoms with van der Waals surface area (Å²) < 4.78 is 76.8. The zero-order valence-corrected chi connectivity index (χ0v) is 12.1. The second-order valence-corrected chi connectivity index (χ2v) is 5.23. The van der Waals surface area contributed by atoms with E-state index in [4.69, 9.17) is 0 Å². The van der Waals surface area contributed by atoms with Gasteiger partial charge in [-0.1, -0.05) is 0 Å². The van der Waals surface area contributed by atoms with E-state index < -0.39 is 35.0 Å². The fourth-order valence-electron chi connectivity index (χ4n) is 2.29. The first-order valence-electron chi connectivity index (χ1n) is 6.80. The monoisotopic (exact) mass is 354 g/mol. The van der Waals surface area contributed by atoms with Crippen LogP contribution in [0.15, 0.2) is 18.2 Å². The molecule has 1 heterocycles. The van der Waals surface area contributed by atoms with Crippen molar-refractivity contribution in [1.29, 1.82) is 0 Å². The molecule has 0 unspecified atom stereocenters. The largest absolute Gasteiger partial charge is 0.416 e. The third-order valence-electron chi connectivity index (χ3n) is 3.59. The van der Waals surface area contributed by atoms with Crippen molar-refractivity contribution in [2.75, 3.05) is 26.2 Å². The number of hydrogen-bond acceptors (Lipinski definition) is 2. The van der Waals surface area contributed by atoms with E-state index in [1.54, 1.807) is 0 Å². The van der Waals surface area contributed by atoms with Crippen LogP contribution in [0, 0.1) is 0 Å². The normalized spacial score (nSPS) is 16.2. The number of rotatable bonds is 2. The Morgan fingerprint density at radius 2 is 1.33 bits per heavy atom. The number of amides is 2. The summed E-state index contributed by atoms with van der Waals surface area (Å²) in [6, 6.07) is 0.786. The summed E-state index contributed by atoms with van der Waals surface area (Å²) in [5, 5.41) is 0. The second-order valence-electron chi connectivity index (χ2n) is 5.23. The van der Waals surface area contributed by atoms with Crippen molar-refractivity contribution < 1.29 is 35.9 Å². The molecule has 0 N–H and O–H groups in total. The molecule has 0 saturated carbocycles. The molecule has 1 aromatic carbocycles. The van der Waals surface area contributed by atoms with Gasteiger partial charge in [0.25, 0.3) is 5.91 Å². The first-order chi connectivity index (χ1) is 11.0. The van der Waals surface area contributed by atoms with E-state index >= 15 is 0 Å². The molecule has 0 spiro atoms. The Morgan fingerprint density at radius 1 is 0.875 bits per heavy atom. The summed E-state index contributed by atoms with van der Waals surface area (Å²) in [4.78, 5) is 25.3. The third-order valence-corrected chi connectivity index (χ3v) is 3.59. The molecule has 2 amide bonds. The highest BCUT2D eigenvalue weighted by molar-refractivity contribution is 5.94. The van der Waals surface area contributed by atoms with E-state index in [9.17, 15) is 35.9 Å². The maximum Gasteiger partial charge on any atom is 0.416 e. The lowest BCUT2D eigenvalue weighted by atomic mass is 10.0. The Labute approximate surface area is 132 Å². The number of alkyl halides is 6. The molecule has 0 bridgehead atoms. The van der Waals surface area contributed by atoms with Crippen molar-refractivity contribution in [2.45, 2.75) is 12.4 Å². The Hall–Kier alpha value is -2.26. The number of hydrogen-bond donors (Lipinski definition) is 0. The SMILES string of the molecule is O=CN1CCN(C(=O)c2cc(C(F)(F)F)cc(C(F)(F)F)c2)CC1. The first kappa shape index (κ1) is 18.1. The highest BCUT2D eigenvalue weighted by atomic mass is 19.4. The van der Waals surface area contributed by atoms with Crippen molar-refractivity contribution in [2.24, 2.45) is 0 Å². The molecule has 0 radical (unpaired) electrons. The maximum absolute atomic E-state index is 12.8. The topological polar surface area (TPSA) is 40.6 Å². The highest BCUT2D eigenvalue weighted by Crippen LogP contribution is 2.36. The number of nitrogens with zero attached hydrogens (tertiary/aromatic N) is 2. The molecular weight excluding hydrogens is 342 g/mol. The summed E-state index contributed by atoms with van der Waals surface area (Å²) in [7, 11) is 0. The van der Waals surface area contributed by atoms with Crippen LogP contribution in [0.5, 0.6) is 0 Å². The van der Waals surface area contributed by atoms with Gasteiger partial charge in [0.2, 0.25) is 6.41 Å². The lowest BCUT2D eigenvalue weighted by Crippen LogP contribution is -2.48. The van der Waals surface area contributed by atoms with E-state index in [-0.39, 0.29) is 32.2 Å². The van der Waals surface area contributed by atoms with E-state index in [0.717, 1.165) is 4.90 Å². The van der Waals surface area contributed by atoms with Gasteiger partial charge < -0.3 is 9.80 Å². The first-order valence-corrected chi connectivity index (χ1v) is 6.80. The average molecular weight is 354 g/mol. The van der Waals surface area contributed by atoms with Crippen LogP contribution in [-0.2, 0) is 17.1 Å². The quantitative estimate of drug-likeness (QED) is 0.605. The lowest BCUT2D eigenvalue weighted by Gasteiger charge is -2.32. The van der Waals surface area contributed by atoms with Gasteiger partial charge in [-0.2, -0.15) is 26.3 Å². The number of benzene rings is 1. The van der Waals surface area contributed by atoms with Crippen molar-refractivity contribution in [3.8, 4) is 0 Å². The average Bonchev–Trinajstić information content (AvgIpc) is 2.52. The van der Waals surface area contributed by atoms with Gasteiger partial charge in [-0.15, -0.1) is 0 Å². The van der Waals surface area contributed by atoms with Crippen LogP contribution in [0.3, 0.4) is 0 Å². The van der Waals surface area contributed by atoms with Gasteiger partial charge >= 0.3 is 12.4 Å². The van der Waals surface area contributed by atoms with Gasteiger partial charge in [-0.3, -0.25) is 9.59 Å². The molecule has 1 aliphatic rings. The molecule has 1 fully saturated rings. The molecule has 1 aromatic rings. The Morgan fingerprint density at radius 3 is 1.71 bits per heavy atom. The number of carbonyl (C=O) groups is 2. The fraction of sp³-hybridized carbons (Fsp3) is 0.429. The van der Waals surface area contributed by atoms with Crippen LogP contribution in [0.1, 0.15) is 21.5 Å². The molecule has 24 heavy (non-hydrogen) atoms. The van der Waals surface area contributed by atoms with Crippen LogP contribution >= 0.6 is 0 Å². The molecule has 0 aliphatic carbocycles. The summed E-state index contributed by atoms with van der Waals surface area (Å²) in [5.41, 5.74) is -3.75. The minimum atomic E-state index is -5.01. The van der Waals surface area contributed by atoms with Gasteiger partial charge in [0, 0.05) is 31.7 Å². The molecule has 4 nitrogen and oxygen atoms in total. The number of piperazine rings is 1. The molecular formula is C14H12F6N2O2. The number of carbonyl (C=O) groups excluding carboxylic acids is 2. The second kappa shape index (κ2) is 6.33. The minimum absolute atomic E-state index is 0.0267. The zero-order valence-electron chi connectivity index (χ0n) is 12.1. The minimum Gasteiger partial charge on any atom is -0.342 e. The molecule has 1 aliphatic heterocycles. The van der Waals surface area contributed by atoms with Crippen LogP contribution < -0.4 is 0 Å². The van der Waals surface area contributed by atoms with Crippen molar-refractivity contribution in [3.05, 3.63) is 34.9 Å². The van der Waals surface area contributed by atoms with Crippen LogP contribution in [0.4, 0.5) is 26.3 Å². The maximum atomic E-state index is 12.8. The fourth-order valence-corrected chi connectivity index (χ4v) is 2.29. The molecule has 10 heteroatoms. The summed E-state index contributed by atoms with van der Waals surface area (Å²) in [5.74, 6) is -0.933. The van der Waals surface area contributed by atoms with Crippen LogP contribution in [0.2, 0.25) is 0 Å². The van der Waals surface area contributed by atoms with Gasteiger partial charge in [-0.25, -0.2) is 0 Å². The van der Waals surface area contributed by atoms with Crippen molar-refractivity contribution >= 4 is 12.3 Å². The van der Waals surface area contributed by atoms with E-state index in [1.807, 2.05) is 0 Å².